The van der Waals surface area contributed by atoms with Crippen molar-refractivity contribution in [2.24, 2.45) is 0 Å². The first kappa shape index (κ1) is 13.3. The van der Waals surface area contributed by atoms with E-state index in [1.807, 2.05) is 7.05 Å². The summed E-state index contributed by atoms with van der Waals surface area (Å²) in [6.07, 6.45) is 0.733. The lowest BCUT2D eigenvalue weighted by Crippen LogP contribution is -2.12. The molecule has 0 aromatic heterocycles. The number of ether oxygens (including phenoxy) is 2. The van der Waals surface area contributed by atoms with Crippen LogP contribution in [0.2, 0.25) is 0 Å². The summed E-state index contributed by atoms with van der Waals surface area (Å²) < 4.78 is 24.4. The van der Waals surface area contributed by atoms with E-state index in [9.17, 15) is 4.39 Å². The predicted octanol–water partition coefficient (Wildman–Crippen LogP) is 2.37. The summed E-state index contributed by atoms with van der Waals surface area (Å²) in [4.78, 5) is 0. The minimum atomic E-state index is -0.431. The van der Waals surface area contributed by atoms with Crippen LogP contribution in [0, 0.1) is 5.82 Å². The zero-order valence-corrected chi connectivity index (χ0v) is 11.1. The fourth-order valence-corrected chi connectivity index (χ4v) is 2.09. The molecule has 0 fully saturated rings. The second-order valence-corrected chi connectivity index (χ2v) is 4.09. The summed E-state index contributed by atoms with van der Waals surface area (Å²) in [6.45, 7) is 0.781. The lowest BCUT2D eigenvalue weighted by Gasteiger charge is -2.15. The van der Waals surface area contributed by atoms with Crippen LogP contribution in [0.4, 0.5) is 4.39 Å². The van der Waals surface area contributed by atoms with Crippen molar-refractivity contribution in [2.75, 3.05) is 27.8 Å². The summed E-state index contributed by atoms with van der Waals surface area (Å²) in [5, 5.41) is 3.04. The minimum absolute atomic E-state index is 0.150. The first-order chi connectivity index (χ1) is 7.65. The molecule has 0 radical (unpaired) electrons. The summed E-state index contributed by atoms with van der Waals surface area (Å²) in [5.74, 6) is 0.167. The van der Waals surface area contributed by atoms with Gasteiger partial charge < -0.3 is 14.8 Å². The Kier molecular flexibility index (Phi) is 5.02. The lowest BCUT2D eigenvalue weighted by molar-refractivity contribution is 0.334. The van der Waals surface area contributed by atoms with Crippen LogP contribution in [-0.4, -0.2) is 27.8 Å². The van der Waals surface area contributed by atoms with Crippen molar-refractivity contribution >= 4 is 15.9 Å². The fourth-order valence-electron chi connectivity index (χ4n) is 1.51. The van der Waals surface area contributed by atoms with Crippen LogP contribution in [0.25, 0.3) is 0 Å². The van der Waals surface area contributed by atoms with Gasteiger partial charge in [-0.25, -0.2) is 4.39 Å². The molecule has 0 aliphatic rings. The van der Waals surface area contributed by atoms with Crippen LogP contribution in [-0.2, 0) is 6.42 Å². The average Bonchev–Trinajstić information content (AvgIpc) is 2.27. The van der Waals surface area contributed by atoms with Gasteiger partial charge in [0.25, 0.3) is 0 Å². The zero-order chi connectivity index (χ0) is 12.1. The lowest BCUT2D eigenvalue weighted by atomic mass is 10.1. The van der Waals surface area contributed by atoms with Crippen molar-refractivity contribution in [1.82, 2.24) is 5.32 Å². The molecule has 0 saturated heterocycles. The molecule has 0 unspecified atom stereocenters. The van der Waals surface area contributed by atoms with Crippen LogP contribution in [0.1, 0.15) is 5.56 Å². The molecule has 0 aliphatic heterocycles. The molecule has 1 aromatic carbocycles. The molecule has 0 atom stereocenters. The van der Waals surface area contributed by atoms with Gasteiger partial charge in [-0.3, -0.25) is 0 Å². The maximum Gasteiger partial charge on any atom is 0.197 e. The van der Waals surface area contributed by atoms with Crippen LogP contribution in [0.3, 0.4) is 0 Å². The quantitative estimate of drug-likeness (QED) is 0.903. The second kappa shape index (κ2) is 6.06. The third-order valence-corrected chi connectivity index (χ3v) is 2.98. The van der Waals surface area contributed by atoms with Crippen molar-refractivity contribution in [3.8, 4) is 11.5 Å². The van der Waals surface area contributed by atoms with E-state index in [-0.39, 0.29) is 5.75 Å². The number of rotatable bonds is 5. The molecule has 0 amide bonds. The first-order valence-electron chi connectivity index (χ1n) is 4.89. The van der Waals surface area contributed by atoms with Gasteiger partial charge in [0.05, 0.1) is 14.2 Å². The summed E-state index contributed by atoms with van der Waals surface area (Å²) in [7, 11) is 4.80. The van der Waals surface area contributed by atoms with Gasteiger partial charge in [-0.2, -0.15) is 0 Å². The minimum Gasteiger partial charge on any atom is -0.492 e. The van der Waals surface area contributed by atoms with E-state index in [2.05, 4.69) is 21.2 Å². The molecule has 16 heavy (non-hydrogen) atoms. The standard InChI is InChI=1S/C11H15BrFNO2/c1-14-5-4-7-8(12)6-9(13)11(16-3)10(7)15-2/h6,14H,4-5H2,1-3H3. The molecular formula is C11H15BrFNO2. The van der Waals surface area contributed by atoms with Gasteiger partial charge in [0.15, 0.2) is 17.3 Å². The third kappa shape index (κ3) is 2.65. The van der Waals surface area contributed by atoms with Crippen LogP contribution >= 0.6 is 15.9 Å². The van der Waals surface area contributed by atoms with Gasteiger partial charge in [0, 0.05) is 10.0 Å². The van der Waals surface area contributed by atoms with Crippen molar-refractivity contribution in [2.45, 2.75) is 6.42 Å². The topological polar surface area (TPSA) is 30.5 Å². The number of halogens is 2. The molecule has 0 heterocycles. The molecule has 0 bridgehead atoms. The van der Waals surface area contributed by atoms with E-state index in [1.165, 1.54) is 20.3 Å². The molecule has 0 aliphatic carbocycles. The Morgan fingerprint density at radius 2 is 1.94 bits per heavy atom. The van der Waals surface area contributed by atoms with Crippen molar-refractivity contribution in [3.63, 3.8) is 0 Å². The molecule has 0 saturated carbocycles. The van der Waals surface area contributed by atoms with E-state index in [1.54, 1.807) is 0 Å². The van der Waals surface area contributed by atoms with Gasteiger partial charge >= 0.3 is 0 Å². The normalized spacial score (nSPS) is 10.3. The van der Waals surface area contributed by atoms with Gasteiger partial charge in [0.2, 0.25) is 0 Å². The number of nitrogens with one attached hydrogen (secondary N) is 1. The molecule has 90 valence electrons. The second-order valence-electron chi connectivity index (χ2n) is 3.24. The maximum atomic E-state index is 13.5. The Balaban J connectivity index is 3.22. The summed E-state index contributed by atoms with van der Waals surface area (Å²) in [5.41, 5.74) is 0.898. The van der Waals surface area contributed by atoms with Gasteiger partial charge in [-0.05, 0) is 26.1 Å². The molecular weight excluding hydrogens is 277 g/mol. The summed E-state index contributed by atoms with van der Waals surface area (Å²) >= 11 is 3.33. The Bertz CT molecular complexity index is 371. The van der Waals surface area contributed by atoms with Crippen molar-refractivity contribution < 1.29 is 13.9 Å². The number of hydrogen-bond donors (Lipinski definition) is 1. The zero-order valence-electron chi connectivity index (χ0n) is 9.56. The highest BCUT2D eigenvalue weighted by molar-refractivity contribution is 9.10. The predicted molar refractivity (Wildman–Crippen MR) is 64.8 cm³/mol. The van der Waals surface area contributed by atoms with E-state index in [0.717, 1.165) is 18.5 Å². The van der Waals surface area contributed by atoms with E-state index in [0.29, 0.717) is 10.2 Å². The highest BCUT2D eigenvalue weighted by Gasteiger charge is 2.18. The molecule has 1 N–H and O–H groups in total. The number of methoxy groups -OCH3 is 2. The molecule has 1 rings (SSSR count). The van der Waals surface area contributed by atoms with E-state index >= 15 is 0 Å². The Labute approximate surface area is 103 Å². The number of benzene rings is 1. The van der Waals surface area contributed by atoms with Crippen molar-refractivity contribution in [1.29, 1.82) is 0 Å². The third-order valence-electron chi connectivity index (χ3n) is 2.27. The SMILES string of the molecule is CNCCc1c(Br)cc(F)c(OC)c1OC. The molecule has 0 spiro atoms. The van der Waals surface area contributed by atoms with Gasteiger partial charge in [-0.1, -0.05) is 15.9 Å². The molecule has 5 heteroatoms. The Morgan fingerprint density at radius 1 is 1.31 bits per heavy atom. The monoisotopic (exact) mass is 291 g/mol. The van der Waals surface area contributed by atoms with Gasteiger partial charge in [-0.15, -0.1) is 0 Å². The van der Waals surface area contributed by atoms with Gasteiger partial charge in [0.1, 0.15) is 0 Å². The average molecular weight is 292 g/mol. The van der Waals surface area contributed by atoms with Crippen LogP contribution in [0.5, 0.6) is 11.5 Å². The summed E-state index contributed by atoms with van der Waals surface area (Å²) in [6, 6.07) is 1.40. The smallest absolute Gasteiger partial charge is 0.197 e. The number of likely N-dealkylation sites (N-methyl/N-ethyl adjacent to an activating group) is 1. The highest BCUT2D eigenvalue weighted by Crippen LogP contribution is 2.38. The first-order valence-corrected chi connectivity index (χ1v) is 5.68. The number of hydrogen-bond acceptors (Lipinski definition) is 3. The largest absolute Gasteiger partial charge is 0.492 e. The van der Waals surface area contributed by atoms with E-state index in [4.69, 9.17) is 9.47 Å². The van der Waals surface area contributed by atoms with Crippen LogP contribution in [0.15, 0.2) is 10.5 Å². The fraction of sp³-hybridized carbons (Fsp3) is 0.455. The maximum absolute atomic E-state index is 13.5. The molecule has 3 nitrogen and oxygen atoms in total. The van der Waals surface area contributed by atoms with Crippen molar-refractivity contribution in [3.05, 3.63) is 21.9 Å². The Morgan fingerprint density at radius 3 is 2.44 bits per heavy atom. The highest BCUT2D eigenvalue weighted by atomic mass is 79.9. The van der Waals surface area contributed by atoms with Crippen LogP contribution < -0.4 is 14.8 Å². The molecule has 1 aromatic rings. The Hall–Kier alpha value is -0.810. The van der Waals surface area contributed by atoms with E-state index < -0.39 is 5.82 Å².